The second-order valence-electron chi connectivity index (χ2n) is 6.44. The molecule has 4 nitrogen and oxygen atoms in total. The Kier molecular flexibility index (Phi) is 7.11. The lowest BCUT2D eigenvalue weighted by Crippen LogP contribution is -2.33. The molecule has 0 aliphatic carbocycles. The normalized spacial score (nSPS) is 15.0. The van der Waals surface area contributed by atoms with Crippen LogP contribution in [0, 0.1) is 0 Å². The van der Waals surface area contributed by atoms with Crippen LogP contribution in [-0.2, 0) is 4.43 Å². The molecule has 0 atom stereocenters. The fourth-order valence-electron chi connectivity index (χ4n) is 3.39. The van der Waals surface area contributed by atoms with Crippen molar-refractivity contribution in [2.24, 2.45) is 0 Å². The van der Waals surface area contributed by atoms with Crippen molar-refractivity contribution in [1.29, 1.82) is 0 Å². The highest BCUT2D eigenvalue weighted by atomic mass is 28.2. The molecule has 1 aliphatic heterocycles. The number of benzene rings is 2. The highest BCUT2D eigenvalue weighted by molar-refractivity contribution is 6.49. The molecule has 0 bridgehead atoms. The molecule has 26 heavy (non-hydrogen) atoms. The molecule has 1 aliphatic rings. The summed E-state index contributed by atoms with van der Waals surface area (Å²) in [5.74, 6) is 1.51. The highest BCUT2D eigenvalue weighted by Gasteiger charge is 2.15. The lowest BCUT2D eigenvalue weighted by Gasteiger charge is -2.26. The smallest absolute Gasteiger partial charge is 0.269 e. The maximum Gasteiger partial charge on any atom is 0.269 e. The molecule has 1 saturated heterocycles. The predicted octanol–water partition coefficient (Wildman–Crippen LogP) is 3.12. The van der Waals surface area contributed by atoms with Crippen LogP contribution in [0.1, 0.15) is 19.3 Å². The van der Waals surface area contributed by atoms with Gasteiger partial charge in [0.1, 0.15) is 0 Å². The maximum atomic E-state index is 6.03. The third-order valence-electron chi connectivity index (χ3n) is 4.76. The molecular weight excluding hydrogens is 342 g/mol. The van der Waals surface area contributed by atoms with Gasteiger partial charge in [-0.15, -0.1) is 0 Å². The zero-order valence-corrected chi connectivity index (χ0v) is 16.7. The Balaban J connectivity index is 1.68. The van der Waals surface area contributed by atoms with E-state index in [1.807, 2.05) is 12.1 Å². The summed E-state index contributed by atoms with van der Waals surface area (Å²) in [6.45, 7) is 4.23. The van der Waals surface area contributed by atoms with Crippen LogP contribution < -0.4 is 14.7 Å². The second kappa shape index (κ2) is 9.76. The van der Waals surface area contributed by atoms with E-state index in [1.54, 1.807) is 14.2 Å². The number of para-hydroxylation sites is 1. The molecule has 138 valence electrons. The van der Waals surface area contributed by atoms with Crippen LogP contribution in [0.15, 0.2) is 42.5 Å². The molecule has 0 amide bonds. The van der Waals surface area contributed by atoms with Gasteiger partial charge < -0.3 is 18.8 Å². The van der Waals surface area contributed by atoms with Crippen LogP contribution >= 0.6 is 0 Å². The summed E-state index contributed by atoms with van der Waals surface area (Å²) in [5.41, 5.74) is 2.18. The molecule has 0 N–H and O–H groups in total. The SMILES string of the molecule is COc1cccc(-c2ccccc2[Si]OCCN2CCCCC2)c1OC. The summed E-state index contributed by atoms with van der Waals surface area (Å²) in [5, 5.41) is 1.19. The second-order valence-corrected chi connectivity index (χ2v) is 7.47. The standard InChI is InChI=1S/C21H27NO3Si/c1-23-19-11-8-10-18(21(19)24-2)17-9-4-5-12-20(17)26-25-16-15-22-13-6-3-7-14-22/h4-5,8-12H,3,6-7,13-16H2,1-2H3. The summed E-state index contributed by atoms with van der Waals surface area (Å²) in [6, 6.07) is 14.3. The third kappa shape index (κ3) is 4.66. The van der Waals surface area contributed by atoms with Gasteiger partial charge in [0.05, 0.1) is 14.2 Å². The number of rotatable bonds is 8. The monoisotopic (exact) mass is 369 g/mol. The van der Waals surface area contributed by atoms with Crippen molar-refractivity contribution in [3.8, 4) is 22.6 Å². The molecule has 1 heterocycles. The summed E-state index contributed by atoms with van der Waals surface area (Å²) >= 11 is 0. The quantitative estimate of drug-likeness (QED) is 0.528. The third-order valence-corrected chi connectivity index (χ3v) is 5.76. The van der Waals surface area contributed by atoms with Gasteiger partial charge in [0.15, 0.2) is 11.5 Å². The highest BCUT2D eigenvalue weighted by Crippen LogP contribution is 2.36. The topological polar surface area (TPSA) is 30.9 Å². The van der Waals surface area contributed by atoms with E-state index in [0.29, 0.717) is 9.76 Å². The van der Waals surface area contributed by atoms with Crippen LogP contribution in [0.5, 0.6) is 11.5 Å². The van der Waals surface area contributed by atoms with E-state index >= 15 is 0 Å². The molecule has 2 radical (unpaired) electrons. The van der Waals surface area contributed by atoms with Crippen molar-refractivity contribution in [1.82, 2.24) is 4.90 Å². The van der Waals surface area contributed by atoms with E-state index in [9.17, 15) is 0 Å². The Bertz CT molecular complexity index is 701. The molecule has 0 aromatic heterocycles. The molecule has 0 saturated carbocycles. The Hall–Kier alpha value is -1.82. The molecule has 0 spiro atoms. The van der Waals surface area contributed by atoms with Crippen molar-refractivity contribution >= 4 is 14.9 Å². The first-order chi connectivity index (χ1) is 12.8. The largest absolute Gasteiger partial charge is 0.493 e. The predicted molar refractivity (Wildman–Crippen MR) is 107 cm³/mol. The van der Waals surface area contributed by atoms with Gasteiger partial charge in [0.2, 0.25) is 0 Å². The maximum absolute atomic E-state index is 6.03. The summed E-state index contributed by atoms with van der Waals surface area (Å²) in [4.78, 5) is 2.50. The van der Waals surface area contributed by atoms with Crippen molar-refractivity contribution in [2.75, 3.05) is 40.5 Å². The summed E-state index contributed by atoms with van der Waals surface area (Å²) < 4.78 is 17.1. The van der Waals surface area contributed by atoms with Gasteiger partial charge in [-0.05, 0) is 42.7 Å². The number of hydrogen-bond acceptors (Lipinski definition) is 4. The molecule has 0 unspecified atom stereocenters. The fraction of sp³-hybridized carbons (Fsp3) is 0.429. The van der Waals surface area contributed by atoms with Crippen molar-refractivity contribution in [2.45, 2.75) is 19.3 Å². The van der Waals surface area contributed by atoms with E-state index in [1.165, 1.54) is 37.5 Å². The van der Waals surface area contributed by atoms with E-state index in [4.69, 9.17) is 13.9 Å². The van der Waals surface area contributed by atoms with Gasteiger partial charge in [-0.1, -0.05) is 42.8 Å². The molecule has 5 heteroatoms. The zero-order valence-electron chi connectivity index (χ0n) is 15.7. The molecule has 2 aromatic carbocycles. The van der Waals surface area contributed by atoms with Crippen LogP contribution in [0.4, 0.5) is 0 Å². The van der Waals surface area contributed by atoms with E-state index in [2.05, 4.69) is 35.2 Å². The van der Waals surface area contributed by atoms with Crippen LogP contribution in [0.3, 0.4) is 0 Å². The summed E-state index contributed by atoms with van der Waals surface area (Å²) in [6.07, 6.45) is 4.01. The van der Waals surface area contributed by atoms with E-state index in [-0.39, 0.29) is 0 Å². The zero-order chi connectivity index (χ0) is 18.2. The first kappa shape index (κ1) is 19.0. The van der Waals surface area contributed by atoms with Crippen molar-refractivity contribution in [3.05, 3.63) is 42.5 Å². The minimum atomic E-state index is 0.322. The van der Waals surface area contributed by atoms with Crippen LogP contribution in [-0.4, -0.2) is 55.1 Å². The van der Waals surface area contributed by atoms with Gasteiger partial charge in [0, 0.05) is 18.7 Å². The number of nitrogens with zero attached hydrogens (tertiary/aromatic N) is 1. The molecule has 2 aromatic rings. The van der Waals surface area contributed by atoms with E-state index < -0.39 is 0 Å². The Morgan fingerprint density at radius 1 is 0.885 bits per heavy atom. The number of ether oxygens (including phenoxy) is 2. The van der Waals surface area contributed by atoms with Crippen LogP contribution in [0.2, 0.25) is 0 Å². The molecule has 3 rings (SSSR count). The molecular formula is C21H27NO3Si. The Labute approximate surface area is 159 Å². The lowest BCUT2D eigenvalue weighted by atomic mass is 10.0. The average molecular weight is 370 g/mol. The summed E-state index contributed by atoms with van der Waals surface area (Å²) in [7, 11) is 3.67. The Morgan fingerprint density at radius 2 is 1.65 bits per heavy atom. The first-order valence-corrected chi connectivity index (χ1v) is 10.1. The number of piperidine rings is 1. The average Bonchev–Trinajstić information content (AvgIpc) is 2.71. The minimum Gasteiger partial charge on any atom is -0.493 e. The minimum absolute atomic E-state index is 0.322. The van der Waals surface area contributed by atoms with Gasteiger partial charge >= 0.3 is 0 Å². The Morgan fingerprint density at radius 3 is 2.42 bits per heavy atom. The molecule has 1 fully saturated rings. The van der Waals surface area contributed by atoms with Gasteiger partial charge in [-0.2, -0.15) is 0 Å². The number of methoxy groups -OCH3 is 2. The first-order valence-electron chi connectivity index (χ1n) is 9.24. The number of hydrogen-bond donors (Lipinski definition) is 0. The van der Waals surface area contributed by atoms with Gasteiger partial charge in [0.25, 0.3) is 9.76 Å². The van der Waals surface area contributed by atoms with E-state index in [0.717, 1.165) is 35.8 Å². The van der Waals surface area contributed by atoms with Gasteiger partial charge in [-0.25, -0.2) is 0 Å². The fourth-order valence-corrected chi connectivity index (χ4v) is 4.23. The number of likely N-dealkylation sites (tertiary alicyclic amines) is 1. The van der Waals surface area contributed by atoms with Crippen molar-refractivity contribution in [3.63, 3.8) is 0 Å². The van der Waals surface area contributed by atoms with Gasteiger partial charge in [-0.3, -0.25) is 0 Å². The van der Waals surface area contributed by atoms with Crippen molar-refractivity contribution < 1.29 is 13.9 Å². The lowest BCUT2D eigenvalue weighted by molar-refractivity contribution is 0.188. The van der Waals surface area contributed by atoms with Crippen LogP contribution in [0.25, 0.3) is 11.1 Å².